The summed E-state index contributed by atoms with van der Waals surface area (Å²) in [6, 6.07) is 17.5. The largest absolute Gasteiger partial charge is 0.416 e. The molecule has 1 atom stereocenters. The molecule has 0 aliphatic heterocycles. The Labute approximate surface area is 218 Å². The molecule has 1 amide bonds. The zero-order chi connectivity index (χ0) is 26.9. The maximum Gasteiger partial charge on any atom is 0.416 e. The molecule has 4 rings (SSSR count). The van der Waals surface area contributed by atoms with Gasteiger partial charge >= 0.3 is 11.9 Å². The van der Waals surface area contributed by atoms with Crippen LogP contribution in [0.5, 0.6) is 0 Å². The van der Waals surface area contributed by atoms with Gasteiger partial charge in [-0.2, -0.15) is 13.2 Å². The molecule has 0 saturated heterocycles. The summed E-state index contributed by atoms with van der Waals surface area (Å²) in [5, 5.41) is 14.6. The van der Waals surface area contributed by atoms with Gasteiger partial charge in [-0.3, -0.25) is 9.36 Å². The van der Waals surface area contributed by atoms with Crippen LogP contribution >= 0.6 is 23.2 Å². The molecule has 0 aliphatic rings. The maximum atomic E-state index is 13.1. The van der Waals surface area contributed by atoms with Crippen LogP contribution in [0.2, 0.25) is 10.0 Å². The van der Waals surface area contributed by atoms with Gasteiger partial charge in [0.05, 0.1) is 13.1 Å². The topological polar surface area (TPSA) is 103 Å². The Morgan fingerprint density at radius 2 is 1.70 bits per heavy atom. The van der Waals surface area contributed by atoms with Gasteiger partial charge in [0.2, 0.25) is 5.91 Å². The number of primary amides is 1. The number of alkyl halides is 3. The van der Waals surface area contributed by atoms with Gasteiger partial charge in [0.15, 0.2) is 11.9 Å². The number of carbonyl (C=O) groups excluding carboxylic acids is 1. The van der Waals surface area contributed by atoms with E-state index >= 15 is 0 Å². The number of nitrogens with two attached hydrogens (primary N) is 1. The van der Waals surface area contributed by atoms with Crippen LogP contribution in [0.25, 0.3) is 22.5 Å². The van der Waals surface area contributed by atoms with E-state index in [-0.39, 0.29) is 17.9 Å². The van der Waals surface area contributed by atoms with Crippen molar-refractivity contribution >= 4 is 29.1 Å². The Morgan fingerprint density at radius 3 is 2.32 bits per heavy atom. The van der Waals surface area contributed by atoms with Crippen molar-refractivity contribution in [3.63, 3.8) is 0 Å². The van der Waals surface area contributed by atoms with E-state index in [0.717, 1.165) is 9.25 Å². The fourth-order valence-corrected chi connectivity index (χ4v) is 4.14. The summed E-state index contributed by atoms with van der Waals surface area (Å²) in [4.78, 5) is 25.2. The zero-order valence-corrected chi connectivity index (χ0v) is 20.4. The van der Waals surface area contributed by atoms with E-state index in [2.05, 4.69) is 5.10 Å². The number of hydrogen-bond acceptors (Lipinski definition) is 4. The van der Waals surface area contributed by atoms with Crippen molar-refractivity contribution in [2.75, 3.05) is 0 Å². The molecule has 1 unspecified atom stereocenters. The SMILES string of the molecule is NC(=O)c1ccc(Cn2nc(-c3ccc(Cl)cc3)n(CC(O)C(F)(F)F)c2=O)cc1-c1ccccc1Cl. The predicted molar refractivity (Wildman–Crippen MR) is 134 cm³/mol. The molecule has 1 heterocycles. The lowest BCUT2D eigenvalue weighted by molar-refractivity contribution is -0.207. The number of carbonyl (C=O) groups is 1. The van der Waals surface area contributed by atoms with Gasteiger partial charge in [-0.05, 0) is 53.6 Å². The summed E-state index contributed by atoms with van der Waals surface area (Å²) in [5.41, 5.74) is 6.65. The van der Waals surface area contributed by atoms with Crippen LogP contribution in [-0.4, -0.2) is 37.6 Å². The molecule has 0 bridgehead atoms. The average molecular weight is 551 g/mol. The van der Waals surface area contributed by atoms with Gasteiger partial charge in [0.25, 0.3) is 0 Å². The Hall–Kier alpha value is -3.60. The molecule has 0 spiro atoms. The van der Waals surface area contributed by atoms with Gasteiger partial charge < -0.3 is 10.8 Å². The predicted octanol–water partition coefficient (Wildman–Crippen LogP) is 4.76. The first-order chi connectivity index (χ1) is 17.5. The van der Waals surface area contributed by atoms with Crippen LogP contribution in [0.4, 0.5) is 13.2 Å². The summed E-state index contributed by atoms with van der Waals surface area (Å²) in [7, 11) is 0. The molecule has 0 aliphatic carbocycles. The minimum absolute atomic E-state index is 0.0787. The lowest BCUT2D eigenvalue weighted by Gasteiger charge is -2.15. The van der Waals surface area contributed by atoms with Crippen molar-refractivity contribution in [3.05, 3.63) is 98.4 Å². The van der Waals surface area contributed by atoms with Crippen LogP contribution in [0.15, 0.2) is 71.5 Å². The molecule has 12 heteroatoms. The van der Waals surface area contributed by atoms with Crippen molar-refractivity contribution in [2.45, 2.75) is 25.4 Å². The highest BCUT2D eigenvalue weighted by Gasteiger charge is 2.39. The fraction of sp³-hybridized carbons (Fsp3) is 0.160. The number of aliphatic hydroxyl groups is 1. The smallest absolute Gasteiger partial charge is 0.382 e. The number of aromatic nitrogens is 3. The number of aliphatic hydroxyl groups excluding tert-OH is 1. The fourth-order valence-electron chi connectivity index (χ4n) is 3.78. The molecule has 0 fully saturated rings. The number of benzene rings is 3. The highest BCUT2D eigenvalue weighted by atomic mass is 35.5. The van der Waals surface area contributed by atoms with Crippen molar-refractivity contribution in [1.29, 1.82) is 0 Å². The van der Waals surface area contributed by atoms with Crippen molar-refractivity contribution < 1.29 is 23.1 Å². The second-order valence-electron chi connectivity index (χ2n) is 8.16. The maximum absolute atomic E-state index is 13.1. The Bertz CT molecular complexity index is 1520. The van der Waals surface area contributed by atoms with Crippen LogP contribution < -0.4 is 11.4 Å². The van der Waals surface area contributed by atoms with Crippen LogP contribution in [0.1, 0.15) is 15.9 Å². The van der Waals surface area contributed by atoms with E-state index in [0.29, 0.717) is 32.3 Å². The van der Waals surface area contributed by atoms with E-state index < -0.39 is 30.4 Å². The van der Waals surface area contributed by atoms with Gasteiger partial charge in [-0.1, -0.05) is 47.5 Å². The summed E-state index contributed by atoms with van der Waals surface area (Å²) < 4.78 is 41.0. The Morgan fingerprint density at radius 1 is 1.03 bits per heavy atom. The number of amides is 1. The average Bonchev–Trinajstić information content (AvgIpc) is 3.14. The zero-order valence-electron chi connectivity index (χ0n) is 18.9. The summed E-state index contributed by atoms with van der Waals surface area (Å²) in [5.74, 6) is -0.765. The molecule has 0 saturated carbocycles. The number of nitrogens with zero attached hydrogens (tertiary/aromatic N) is 3. The standard InChI is InChI=1S/C25H19Cl2F3N4O3/c26-16-8-6-15(7-9-16)23-32-34(24(37)33(23)13-21(35)25(28,29)30)12-14-5-10-18(22(31)36)19(11-14)17-3-1-2-4-20(17)27/h1-11,21,35H,12-13H2,(H2,31,36). The molecular weight excluding hydrogens is 532 g/mol. The first kappa shape index (κ1) is 26.5. The molecule has 3 aromatic carbocycles. The second kappa shape index (κ2) is 10.4. The van der Waals surface area contributed by atoms with Gasteiger partial charge in [0, 0.05) is 26.7 Å². The van der Waals surface area contributed by atoms with Crippen LogP contribution in [0.3, 0.4) is 0 Å². The lowest BCUT2D eigenvalue weighted by Crippen LogP contribution is -2.37. The van der Waals surface area contributed by atoms with Crippen LogP contribution in [-0.2, 0) is 13.1 Å². The summed E-state index contributed by atoms with van der Waals surface area (Å²) in [6.45, 7) is -1.20. The summed E-state index contributed by atoms with van der Waals surface area (Å²) >= 11 is 12.2. The molecule has 0 radical (unpaired) electrons. The van der Waals surface area contributed by atoms with Gasteiger partial charge in [-0.25, -0.2) is 9.48 Å². The normalized spacial score (nSPS) is 12.5. The number of rotatable bonds is 7. The minimum Gasteiger partial charge on any atom is -0.382 e. The Balaban J connectivity index is 1.80. The minimum atomic E-state index is -4.94. The first-order valence-corrected chi connectivity index (χ1v) is 11.6. The van der Waals surface area contributed by atoms with Gasteiger partial charge in [-0.15, -0.1) is 5.10 Å². The second-order valence-corrected chi connectivity index (χ2v) is 9.01. The van der Waals surface area contributed by atoms with E-state index in [1.807, 2.05) is 0 Å². The van der Waals surface area contributed by atoms with E-state index in [1.165, 1.54) is 30.3 Å². The summed E-state index contributed by atoms with van der Waals surface area (Å²) in [6.07, 6.45) is -7.72. The third-order valence-electron chi connectivity index (χ3n) is 5.60. The molecule has 1 aromatic heterocycles. The molecule has 37 heavy (non-hydrogen) atoms. The lowest BCUT2D eigenvalue weighted by atomic mass is 9.96. The highest BCUT2D eigenvalue weighted by molar-refractivity contribution is 6.33. The molecule has 7 nitrogen and oxygen atoms in total. The molecular formula is C25H19Cl2F3N4O3. The van der Waals surface area contributed by atoms with Crippen molar-refractivity contribution in [1.82, 2.24) is 14.3 Å². The van der Waals surface area contributed by atoms with E-state index in [1.54, 1.807) is 36.4 Å². The monoisotopic (exact) mass is 550 g/mol. The number of halogens is 5. The van der Waals surface area contributed by atoms with Gasteiger partial charge in [0.1, 0.15) is 0 Å². The first-order valence-electron chi connectivity index (χ1n) is 10.8. The van der Waals surface area contributed by atoms with E-state index in [9.17, 15) is 27.9 Å². The quantitative estimate of drug-likeness (QED) is 0.346. The molecule has 192 valence electrons. The third kappa shape index (κ3) is 5.71. The third-order valence-corrected chi connectivity index (χ3v) is 6.19. The Kier molecular flexibility index (Phi) is 7.44. The van der Waals surface area contributed by atoms with Crippen LogP contribution in [0, 0.1) is 0 Å². The molecule has 3 N–H and O–H groups in total. The van der Waals surface area contributed by atoms with Crippen molar-refractivity contribution in [2.24, 2.45) is 5.73 Å². The van der Waals surface area contributed by atoms with E-state index in [4.69, 9.17) is 28.9 Å². The highest BCUT2D eigenvalue weighted by Crippen LogP contribution is 2.31. The number of hydrogen-bond donors (Lipinski definition) is 2. The van der Waals surface area contributed by atoms with Crippen molar-refractivity contribution in [3.8, 4) is 22.5 Å². The molecule has 4 aromatic rings.